The lowest BCUT2D eigenvalue weighted by Crippen LogP contribution is -2.10. The van der Waals surface area contributed by atoms with Crippen LogP contribution in [0.3, 0.4) is 0 Å². The van der Waals surface area contributed by atoms with Gasteiger partial charge in [-0.15, -0.1) is 0 Å². The molecule has 1 aromatic carbocycles. The van der Waals surface area contributed by atoms with Gasteiger partial charge in [-0.2, -0.15) is 0 Å². The quantitative estimate of drug-likeness (QED) is 0.791. The molecule has 3 heteroatoms. The van der Waals surface area contributed by atoms with Gasteiger partial charge in [0, 0.05) is 23.8 Å². The van der Waals surface area contributed by atoms with Gasteiger partial charge in [-0.1, -0.05) is 32.4 Å². The Morgan fingerprint density at radius 1 is 1.35 bits per heavy atom. The Morgan fingerprint density at radius 3 is 2.94 bits per heavy atom. The molecule has 0 bridgehead atoms. The molecule has 17 heavy (non-hydrogen) atoms. The fourth-order valence-corrected chi connectivity index (χ4v) is 1.78. The Morgan fingerprint density at radius 2 is 2.18 bits per heavy atom. The van der Waals surface area contributed by atoms with E-state index in [0.29, 0.717) is 5.92 Å². The van der Waals surface area contributed by atoms with Crippen LogP contribution < -0.4 is 11.1 Å². The van der Waals surface area contributed by atoms with Gasteiger partial charge in [0.15, 0.2) is 0 Å². The minimum absolute atomic E-state index is 0.666. The monoisotopic (exact) mass is 229 g/mol. The Bertz CT molecular complexity index is 508. The average Bonchev–Trinajstić information content (AvgIpc) is 2.36. The second-order valence-corrected chi connectivity index (χ2v) is 4.50. The molecule has 0 saturated heterocycles. The zero-order valence-electron chi connectivity index (χ0n) is 10.4. The number of nitrogen functional groups attached to an aromatic ring is 1. The van der Waals surface area contributed by atoms with Crippen LogP contribution in [0.15, 0.2) is 30.5 Å². The average molecular weight is 229 g/mol. The Balaban J connectivity index is 2.31. The summed E-state index contributed by atoms with van der Waals surface area (Å²) in [6, 6.07) is 7.91. The van der Waals surface area contributed by atoms with Crippen molar-refractivity contribution < 1.29 is 0 Å². The molecular weight excluding hydrogens is 210 g/mol. The molecule has 0 spiro atoms. The van der Waals surface area contributed by atoms with Crippen LogP contribution in [0.25, 0.3) is 10.9 Å². The summed E-state index contributed by atoms with van der Waals surface area (Å²) < 4.78 is 0. The van der Waals surface area contributed by atoms with Crippen LogP contribution in [-0.2, 0) is 0 Å². The molecule has 0 aliphatic heterocycles. The lowest BCUT2D eigenvalue weighted by Gasteiger charge is -2.13. The molecule has 0 fully saturated rings. The highest BCUT2D eigenvalue weighted by Crippen LogP contribution is 2.25. The highest BCUT2D eigenvalue weighted by atomic mass is 14.9. The molecule has 90 valence electrons. The molecule has 0 radical (unpaired) electrons. The number of para-hydroxylation sites is 1. The fraction of sp³-hybridized carbons (Fsp3) is 0.357. The summed E-state index contributed by atoms with van der Waals surface area (Å²) in [5.41, 5.74) is 8.64. The molecule has 2 rings (SSSR count). The summed E-state index contributed by atoms with van der Waals surface area (Å²) in [4.78, 5) is 4.32. The largest absolute Gasteiger partial charge is 0.397 e. The lowest BCUT2D eigenvalue weighted by molar-refractivity contribution is 0.594. The predicted octanol–water partition coefficient (Wildman–Crippen LogP) is 3.28. The van der Waals surface area contributed by atoms with Crippen molar-refractivity contribution in [2.24, 2.45) is 5.92 Å². The number of aromatic nitrogens is 1. The van der Waals surface area contributed by atoms with Crippen molar-refractivity contribution in [2.45, 2.75) is 20.3 Å². The number of anilines is 2. The van der Waals surface area contributed by atoms with Gasteiger partial charge in [-0.05, 0) is 18.1 Å². The Labute approximate surface area is 102 Å². The molecule has 3 nitrogen and oxygen atoms in total. The first kappa shape index (κ1) is 11.7. The second kappa shape index (κ2) is 5.04. The van der Waals surface area contributed by atoms with Crippen LogP contribution in [-0.4, -0.2) is 11.5 Å². The van der Waals surface area contributed by atoms with Crippen LogP contribution in [0.5, 0.6) is 0 Å². The van der Waals surface area contributed by atoms with Gasteiger partial charge in [0.1, 0.15) is 0 Å². The number of rotatable bonds is 4. The zero-order chi connectivity index (χ0) is 12.3. The third-order valence-electron chi connectivity index (χ3n) is 3.14. The number of nitrogens with zero attached hydrogens (tertiary/aromatic N) is 1. The van der Waals surface area contributed by atoms with Crippen LogP contribution in [0.4, 0.5) is 11.4 Å². The van der Waals surface area contributed by atoms with Crippen molar-refractivity contribution >= 4 is 22.3 Å². The maximum Gasteiger partial charge on any atom is 0.0951 e. The van der Waals surface area contributed by atoms with Gasteiger partial charge in [0.25, 0.3) is 0 Å². The van der Waals surface area contributed by atoms with Gasteiger partial charge >= 0.3 is 0 Å². The van der Waals surface area contributed by atoms with Crippen molar-refractivity contribution in [1.82, 2.24) is 4.98 Å². The smallest absolute Gasteiger partial charge is 0.0951 e. The molecule has 1 aromatic heterocycles. The van der Waals surface area contributed by atoms with E-state index in [0.717, 1.165) is 28.8 Å². The molecule has 1 atom stereocenters. The van der Waals surface area contributed by atoms with E-state index in [2.05, 4.69) is 30.2 Å². The summed E-state index contributed by atoms with van der Waals surface area (Å²) in [5, 5.41) is 4.56. The predicted molar refractivity (Wildman–Crippen MR) is 74.1 cm³/mol. The van der Waals surface area contributed by atoms with Crippen molar-refractivity contribution in [3.05, 3.63) is 30.5 Å². The van der Waals surface area contributed by atoms with E-state index in [1.165, 1.54) is 6.42 Å². The van der Waals surface area contributed by atoms with E-state index in [9.17, 15) is 0 Å². The van der Waals surface area contributed by atoms with Crippen LogP contribution >= 0.6 is 0 Å². The summed E-state index contributed by atoms with van der Waals surface area (Å²) in [6.07, 6.45) is 2.98. The number of hydrogen-bond acceptors (Lipinski definition) is 3. The first-order valence-corrected chi connectivity index (χ1v) is 6.09. The standard InChI is InChI=1S/C14H19N3/c1-3-10(2)9-17-13-7-8-16-14-11(13)5-4-6-12(14)15/h4-8,10H,3,9,15H2,1-2H3,(H,16,17). The summed E-state index contributed by atoms with van der Waals surface area (Å²) in [6.45, 7) is 5.42. The third-order valence-corrected chi connectivity index (χ3v) is 3.14. The number of hydrogen-bond donors (Lipinski definition) is 2. The molecular formula is C14H19N3. The topological polar surface area (TPSA) is 50.9 Å². The third kappa shape index (κ3) is 2.49. The van der Waals surface area contributed by atoms with Gasteiger partial charge in [-0.25, -0.2) is 0 Å². The molecule has 1 unspecified atom stereocenters. The maximum absolute atomic E-state index is 5.92. The Kier molecular flexibility index (Phi) is 3.47. The van der Waals surface area contributed by atoms with Crippen molar-refractivity contribution in [3.63, 3.8) is 0 Å². The first-order chi connectivity index (χ1) is 8.22. The molecule has 0 aliphatic rings. The SMILES string of the molecule is CCC(C)CNc1ccnc2c(N)cccc12. The van der Waals surface area contributed by atoms with Crippen molar-refractivity contribution in [3.8, 4) is 0 Å². The zero-order valence-corrected chi connectivity index (χ0v) is 10.4. The fourth-order valence-electron chi connectivity index (χ4n) is 1.78. The van der Waals surface area contributed by atoms with E-state index in [1.54, 1.807) is 6.20 Å². The van der Waals surface area contributed by atoms with Gasteiger partial charge < -0.3 is 11.1 Å². The number of nitrogens with one attached hydrogen (secondary N) is 1. The van der Waals surface area contributed by atoms with Crippen LogP contribution in [0, 0.1) is 5.92 Å². The molecule has 3 N–H and O–H groups in total. The maximum atomic E-state index is 5.92. The highest BCUT2D eigenvalue weighted by molar-refractivity contribution is 5.97. The first-order valence-electron chi connectivity index (χ1n) is 6.09. The number of pyridine rings is 1. The minimum Gasteiger partial charge on any atom is -0.397 e. The summed E-state index contributed by atoms with van der Waals surface area (Å²) in [5.74, 6) is 0.666. The number of fused-ring (bicyclic) bond motifs is 1. The van der Waals surface area contributed by atoms with Crippen molar-refractivity contribution in [1.29, 1.82) is 0 Å². The molecule has 0 amide bonds. The van der Waals surface area contributed by atoms with E-state index < -0.39 is 0 Å². The number of nitrogens with two attached hydrogens (primary N) is 1. The van der Waals surface area contributed by atoms with Crippen LogP contribution in [0.2, 0.25) is 0 Å². The molecule has 0 aliphatic carbocycles. The Hall–Kier alpha value is -1.77. The van der Waals surface area contributed by atoms with E-state index in [1.807, 2.05) is 18.2 Å². The molecule has 1 heterocycles. The van der Waals surface area contributed by atoms with Gasteiger partial charge in [0.05, 0.1) is 11.2 Å². The molecule has 0 saturated carbocycles. The van der Waals surface area contributed by atoms with E-state index >= 15 is 0 Å². The minimum atomic E-state index is 0.666. The van der Waals surface area contributed by atoms with E-state index in [4.69, 9.17) is 5.73 Å². The van der Waals surface area contributed by atoms with E-state index in [-0.39, 0.29) is 0 Å². The van der Waals surface area contributed by atoms with Crippen molar-refractivity contribution in [2.75, 3.05) is 17.6 Å². The summed E-state index contributed by atoms with van der Waals surface area (Å²) >= 11 is 0. The lowest BCUT2D eigenvalue weighted by atomic mass is 10.1. The van der Waals surface area contributed by atoms with Gasteiger partial charge in [0.2, 0.25) is 0 Å². The highest BCUT2D eigenvalue weighted by Gasteiger charge is 2.05. The van der Waals surface area contributed by atoms with Gasteiger partial charge in [-0.3, -0.25) is 4.98 Å². The second-order valence-electron chi connectivity index (χ2n) is 4.50. The molecule has 2 aromatic rings. The summed E-state index contributed by atoms with van der Waals surface area (Å²) in [7, 11) is 0. The van der Waals surface area contributed by atoms with Crippen LogP contribution in [0.1, 0.15) is 20.3 Å². The number of benzene rings is 1. The normalized spacial score (nSPS) is 12.6.